The Kier molecular flexibility index (Phi) is 7.03. The third kappa shape index (κ3) is 4.13. The Labute approximate surface area is 258 Å². The van der Waals surface area contributed by atoms with E-state index in [0.717, 1.165) is 44.1 Å². The van der Waals surface area contributed by atoms with Crippen LogP contribution in [0.2, 0.25) is 0 Å². The Morgan fingerprint density at radius 1 is 0.860 bits per heavy atom. The van der Waals surface area contributed by atoms with Crippen LogP contribution in [0, 0.1) is 56.7 Å². The van der Waals surface area contributed by atoms with Gasteiger partial charge >= 0.3 is 11.9 Å². The summed E-state index contributed by atoms with van der Waals surface area (Å²) in [7, 11) is 0. The molecule has 9 atom stereocenters. The molecule has 2 unspecified atom stereocenters. The minimum Gasteiger partial charge on any atom is -0.481 e. The van der Waals surface area contributed by atoms with Gasteiger partial charge in [0.05, 0.1) is 5.41 Å². The van der Waals surface area contributed by atoms with E-state index >= 15 is 0 Å². The molecule has 0 saturated heterocycles. The van der Waals surface area contributed by atoms with Crippen LogP contribution >= 0.6 is 0 Å². The van der Waals surface area contributed by atoms with Gasteiger partial charge in [0, 0.05) is 6.08 Å². The molecule has 0 aliphatic heterocycles. The molecule has 4 nitrogen and oxygen atoms in total. The lowest BCUT2D eigenvalue weighted by atomic mass is 9.32. The third-order valence-corrected chi connectivity index (χ3v) is 14.7. The van der Waals surface area contributed by atoms with Gasteiger partial charge < -0.3 is 10.2 Å². The second kappa shape index (κ2) is 9.94. The highest BCUT2D eigenvalue weighted by Crippen LogP contribution is 2.77. The lowest BCUT2D eigenvalue weighted by Gasteiger charge is -2.72. The summed E-state index contributed by atoms with van der Waals surface area (Å²) in [5, 5.41) is 19.6. The van der Waals surface area contributed by atoms with Crippen molar-refractivity contribution >= 4 is 23.6 Å². The molecule has 1 aromatic carbocycles. The highest BCUT2D eigenvalue weighted by molar-refractivity contribution is 5.85. The number of fused-ring (bicyclic) bond motifs is 7. The Morgan fingerprint density at radius 3 is 2.19 bits per heavy atom. The maximum absolute atomic E-state index is 12.9. The molecule has 232 valence electrons. The van der Waals surface area contributed by atoms with Gasteiger partial charge in [0.1, 0.15) is 0 Å². The van der Waals surface area contributed by atoms with E-state index in [1.807, 2.05) is 12.1 Å². The molecular formula is C39H52O4. The number of carboxylic acid groups (broad SMARTS) is 2. The van der Waals surface area contributed by atoms with Crippen LogP contribution in [0.1, 0.15) is 110 Å². The fourth-order valence-electron chi connectivity index (χ4n) is 12.6. The molecule has 6 rings (SSSR count). The van der Waals surface area contributed by atoms with Crippen LogP contribution in [0.25, 0.3) is 11.6 Å². The Hall–Kier alpha value is -2.62. The summed E-state index contributed by atoms with van der Waals surface area (Å²) in [6.45, 7) is 19.2. The molecule has 5 aliphatic carbocycles. The van der Waals surface area contributed by atoms with Gasteiger partial charge in [0.25, 0.3) is 0 Å². The van der Waals surface area contributed by atoms with Crippen LogP contribution in [0.3, 0.4) is 0 Å². The van der Waals surface area contributed by atoms with Crippen molar-refractivity contribution in [3.63, 3.8) is 0 Å². The number of carbonyl (C=O) groups is 2. The molecule has 0 amide bonds. The minimum absolute atomic E-state index is 0.0199. The predicted octanol–water partition coefficient (Wildman–Crippen LogP) is 9.52. The topological polar surface area (TPSA) is 74.6 Å². The molecule has 4 saturated carbocycles. The summed E-state index contributed by atoms with van der Waals surface area (Å²) < 4.78 is 0. The third-order valence-electron chi connectivity index (χ3n) is 14.7. The summed E-state index contributed by atoms with van der Waals surface area (Å²) in [5.41, 5.74) is 4.74. The Balaban J connectivity index is 1.34. The maximum Gasteiger partial charge on any atom is 0.328 e. The van der Waals surface area contributed by atoms with E-state index in [2.05, 4.69) is 66.3 Å². The van der Waals surface area contributed by atoms with Gasteiger partial charge in [-0.15, -0.1) is 0 Å². The quantitative estimate of drug-likeness (QED) is 0.267. The average Bonchev–Trinajstić information content (AvgIpc) is 3.34. The van der Waals surface area contributed by atoms with Crippen molar-refractivity contribution in [2.75, 3.05) is 0 Å². The highest BCUT2D eigenvalue weighted by atomic mass is 16.4. The number of hydrogen-bond donors (Lipinski definition) is 2. The Bertz CT molecular complexity index is 1400. The standard InChI is InChI=1S/C39H52O4/c1-24(2)27-16-21-39(34(42)43)23-22-37(6)29(33(27)39)13-14-31-36(5)19-17-28(35(3,4)30(36)18-20-38(31,37)7)26-11-8-25(9-12-26)10-15-32(40)41/h8-12,15,17,27,29-31,33H,1,13-14,16,18-23H2,2-7H3,(H,40,41)(H,42,43)/b15-10+/t27-,29+,30?,31?,33+,36-,37+,38+,39-/m0/s1. The fourth-order valence-corrected chi connectivity index (χ4v) is 12.6. The monoisotopic (exact) mass is 584 g/mol. The van der Waals surface area contributed by atoms with Crippen LogP contribution in [-0.2, 0) is 9.59 Å². The summed E-state index contributed by atoms with van der Waals surface area (Å²) in [4.78, 5) is 23.9. The van der Waals surface area contributed by atoms with E-state index in [0.29, 0.717) is 23.7 Å². The predicted molar refractivity (Wildman–Crippen MR) is 173 cm³/mol. The van der Waals surface area contributed by atoms with Crippen molar-refractivity contribution in [2.24, 2.45) is 56.7 Å². The van der Waals surface area contributed by atoms with Crippen molar-refractivity contribution < 1.29 is 19.8 Å². The number of allylic oxidation sites excluding steroid dienone is 3. The van der Waals surface area contributed by atoms with Crippen molar-refractivity contribution in [1.29, 1.82) is 0 Å². The molecule has 5 aliphatic rings. The van der Waals surface area contributed by atoms with E-state index in [-0.39, 0.29) is 27.6 Å². The lowest BCUT2D eigenvalue weighted by Crippen LogP contribution is -2.65. The maximum atomic E-state index is 12.9. The van der Waals surface area contributed by atoms with Crippen molar-refractivity contribution in [3.05, 3.63) is 59.7 Å². The van der Waals surface area contributed by atoms with Gasteiger partial charge in [0.2, 0.25) is 0 Å². The first-order valence-electron chi connectivity index (χ1n) is 16.7. The van der Waals surface area contributed by atoms with Gasteiger partial charge in [-0.05, 0) is 139 Å². The molecule has 43 heavy (non-hydrogen) atoms. The Morgan fingerprint density at radius 2 is 1.56 bits per heavy atom. The first kappa shape index (κ1) is 30.4. The second-order valence-electron chi connectivity index (χ2n) is 16.5. The number of carboxylic acids is 2. The second-order valence-corrected chi connectivity index (χ2v) is 16.5. The zero-order chi connectivity index (χ0) is 31.2. The van der Waals surface area contributed by atoms with Gasteiger partial charge in [-0.1, -0.05) is 77.1 Å². The van der Waals surface area contributed by atoms with E-state index < -0.39 is 17.4 Å². The molecule has 4 fully saturated rings. The number of aliphatic carboxylic acids is 2. The molecule has 4 heteroatoms. The number of rotatable bonds is 5. The fraction of sp³-hybridized carbons (Fsp3) is 0.641. The number of hydrogen-bond acceptors (Lipinski definition) is 2. The highest BCUT2D eigenvalue weighted by Gasteiger charge is 2.71. The van der Waals surface area contributed by atoms with E-state index in [4.69, 9.17) is 5.11 Å². The van der Waals surface area contributed by atoms with E-state index in [9.17, 15) is 14.7 Å². The van der Waals surface area contributed by atoms with Gasteiger partial charge in [-0.25, -0.2) is 4.79 Å². The van der Waals surface area contributed by atoms with Crippen LogP contribution in [-0.4, -0.2) is 22.2 Å². The summed E-state index contributed by atoms with van der Waals surface area (Å²) in [5.74, 6) is 0.692. The largest absolute Gasteiger partial charge is 0.481 e. The molecule has 1 aromatic rings. The zero-order valence-electron chi connectivity index (χ0n) is 27.2. The van der Waals surface area contributed by atoms with Crippen molar-refractivity contribution in [1.82, 2.24) is 0 Å². The molecule has 0 bridgehead atoms. The minimum atomic E-state index is -0.931. The first-order valence-corrected chi connectivity index (χ1v) is 16.7. The molecule has 0 radical (unpaired) electrons. The number of benzene rings is 1. The summed E-state index contributed by atoms with van der Waals surface area (Å²) >= 11 is 0. The van der Waals surface area contributed by atoms with Gasteiger partial charge in [-0.2, -0.15) is 0 Å². The zero-order valence-corrected chi connectivity index (χ0v) is 27.2. The van der Waals surface area contributed by atoms with Crippen molar-refractivity contribution in [2.45, 2.75) is 99.3 Å². The van der Waals surface area contributed by atoms with Crippen LogP contribution in [0.5, 0.6) is 0 Å². The summed E-state index contributed by atoms with van der Waals surface area (Å²) in [6.07, 6.45) is 14.9. The molecule has 2 N–H and O–H groups in total. The average molecular weight is 585 g/mol. The molecule has 0 spiro atoms. The SMILES string of the molecule is C=C(C)[C@@H]1CC[C@]2(C(=O)O)CC[C@]3(C)[C@H](CCC4[C@@]5(C)CC=C(c6ccc(/C=C/C(=O)O)cc6)C(C)(C)C5CC[C@]43C)[C@@H]12. The smallest absolute Gasteiger partial charge is 0.328 e. The van der Waals surface area contributed by atoms with E-state index in [1.54, 1.807) is 6.08 Å². The molecule has 0 heterocycles. The first-order chi connectivity index (χ1) is 20.1. The van der Waals surface area contributed by atoms with Crippen LogP contribution in [0.4, 0.5) is 0 Å². The normalized spacial score (nSPS) is 43.1. The molecular weight excluding hydrogens is 532 g/mol. The summed E-state index contributed by atoms with van der Waals surface area (Å²) in [6, 6.07) is 8.38. The molecule has 0 aromatic heterocycles. The van der Waals surface area contributed by atoms with Gasteiger partial charge in [-0.3, -0.25) is 4.79 Å². The lowest BCUT2D eigenvalue weighted by molar-refractivity contribution is -0.227. The van der Waals surface area contributed by atoms with Crippen LogP contribution < -0.4 is 0 Å². The van der Waals surface area contributed by atoms with Crippen LogP contribution in [0.15, 0.2) is 48.6 Å². The van der Waals surface area contributed by atoms with Crippen molar-refractivity contribution in [3.8, 4) is 0 Å². The van der Waals surface area contributed by atoms with E-state index in [1.165, 1.54) is 42.0 Å². The van der Waals surface area contributed by atoms with Gasteiger partial charge in [0.15, 0.2) is 0 Å².